The molecule has 0 aliphatic heterocycles. The Labute approximate surface area is 96.2 Å². The first-order valence-corrected chi connectivity index (χ1v) is 5.14. The molecule has 0 bridgehead atoms. The molecule has 1 aromatic rings. The van der Waals surface area contributed by atoms with Crippen molar-refractivity contribution in [3.05, 3.63) is 26.4 Å². The first-order chi connectivity index (χ1) is 6.56. The van der Waals surface area contributed by atoms with Gasteiger partial charge in [0, 0.05) is 0 Å². The number of halogens is 4. The van der Waals surface area contributed by atoms with Crippen LogP contribution in [0.3, 0.4) is 0 Å². The first-order valence-electron chi connectivity index (χ1n) is 3.56. The van der Waals surface area contributed by atoms with Crippen LogP contribution in [0, 0.1) is 11.3 Å². The van der Waals surface area contributed by atoms with Gasteiger partial charge in [0.05, 0.1) is 17.0 Å². The van der Waals surface area contributed by atoms with Gasteiger partial charge < -0.3 is 0 Å². The van der Waals surface area contributed by atoms with Crippen LogP contribution in [0.25, 0.3) is 0 Å². The molecule has 1 aromatic heterocycles. The highest BCUT2D eigenvalue weighted by Gasteiger charge is 2.16. The van der Waals surface area contributed by atoms with Gasteiger partial charge in [-0.2, -0.15) is 5.26 Å². The van der Waals surface area contributed by atoms with E-state index in [0.717, 1.165) is 0 Å². The molecule has 0 unspecified atom stereocenters. The highest BCUT2D eigenvalue weighted by molar-refractivity contribution is 9.13. The normalized spacial score (nSPS) is 10.3. The number of alkyl halides is 2. The van der Waals surface area contributed by atoms with E-state index in [-0.39, 0.29) is 17.7 Å². The van der Waals surface area contributed by atoms with E-state index in [2.05, 4.69) is 36.8 Å². The van der Waals surface area contributed by atoms with Gasteiger partial charge >= 0.3 is 0 Å². The summed E-state index contributed by atoms with van der Waals surface area (Å²) in [7, 11) is 0. The van der Waals surface area contributed by atoms with Gasteiger partial charge in [-0.1, -0.05) is 0 Å². The quantitative estimate of drug-likeness (QED) is 0.779. The van der Waals surface area contributed by atoms with Crippen molar-refractivity contribution in [1.29, 1.82) is 5.26 Å². The maximum absolute atomic E-state index is 12.5. The molecule has 0 saturated carbocycles. The molecule has 0 atom stereocenters. The zero-order chi connectivity index (χ0) is 10.7. The van der Waals surface area contributed by atoms with Gasteiger partial charge in [0.1, 0.15) is 10.3 Å². The summed E-state index contributed by atoms with van der Waals surface area (Å²) in [6.45, 7) is 0. The Morgan fingerprint density at radius 1 is 1.50 bits per heavy atom. The average Bonchev–Trinajstić information content (AvgIpc) is 2.11. The van der Waals surface area contributed by atoms with E-state index in [1.54, 1.807) is 0 Å². The molecule has 0 radical (unpaired) electrons. The Morgan fingerprint density at radius 2 is 2.14 bits per heavy atom. The van der Waals surface area contributed by atoms with Crippen molar-refractivity contribution in [2.45, 2.75) is 12.8 Å². The second kappa shape index (κ2) is 4.80. The van der Waals surface area contributed by atoms with Gasteiger partial charge in [0.25, 0.3) is 6.43 Å². The topological polar surface area (TPSA) is 36.7 Å². The summed E-state index contributed by atoms with van der Waals surface area (Å²) in [5.41, 5.74) is -0.0980. The summed E-state index contributed by atoms with van der Waals surface area (Å²) < 4.78 is 25.8. The van der Waals surface area contributed by atoms with Gasteiger partial charge in [-0.3, -0.25) is 0 Å². The number of hydrogen-bond donors (Lipinski definition) is 0. The third-order valence-electron chi connectivity index (χ3n) is 1.52. The number of aromatic nitrogens is 1. The van der Waals surface area contributed by atoms with E-state index in [0.29, 0.717) is 9.08 Å². The number of hydrogen-bond acceptors (Lipinski definition) is 2. The fourth-order valence-corrected chi connectivity index (χ4v) is 1.60. The SMILES string of the molecule is N#CCc1cc(Br)c(Br)nc1C(F)F. The Balaban J connectivity index is 3.25. The Morgan fingerprint density at radius 3 is 2.64 bits per heavy atom. The maximum atomic E-state index is 12.5. The third-order valence-corrected chi connectivity index (χ3v) is 3.26. The fourth-order valence-electron chi connectivity index (χ4n) is 0.933. The van der Waals surface area contributed by atoms with Crippen molar-refractivity contribution >= 4 is 31.9 Å². The zero-order valence-corrected chi connectivity index (χ0v) is 9.94. The molecule has 0 saturated heterocycles. The average molecular weight is 326 g/mol. The summed E-state index contributed by atoms with van der Waals surface area (Å²) in [5, 5.41) is 8.44. The molecule has 0 aliphatic carbocycles. The molecule has 0 aromatic carbocycles. The van der Waals surface area contributed by atoms with Crippen LogP contribution in [0.1, 0.15) is 17.7 Å². The van der Waals surface area contributed by atoms with E-state index in [1.165, 1.54) is 6.07 Å². The van der Waals surface area contributed by atoms with Crippen molar-refractivity contribution in [3.8, 4) is 6.07 Å². The molecule has 1 heterocycles. The summed E-state index contributed by atoms with van der Waals surface area (Å²) in [5.74, 6) is 0. The van der Waals surface area contributed by atoms with Gasteiger partial charge in [0.2, 0.25) is 0 Å². The van der Waals surface area contributed by atoms with Crippen LogP contribution in [0.2, 0.25) is 0 Å². The molecule has 14 heavy (non-hydrogen) atoms. The number of pyridine rings is 1. The van der Waals surface area contributed by atoms with Crippen molar-refractivity contribution in [3.63, 3.8) is 0 Å². The predicted octanol–water partition coefficient (Wildman–Crippen LogP) is 3.61. The number of rotatable bonds is 2. The third kappa shape index (κ3) is 2.49. The molecular weight excluding hydrogens is 322 g/mol. The molecule has 0 spiro atoms. The molecule has 0 N–H and O–H groups in total. The van der Waals surface area contributed by atoms with E-state index in [1.807, 2.05) is 6.07 Å². The van der Waals surface area contributed by atoms with Crippen molar-refractivity contribution in [2.24, 2.45) is 0 Å². The number of nitriles is 1. The lowest BCUT2D eigenvalue weighted by Crippen LogP contribution is -1.99. The number of nitrogens with zero attached hydrogens (tertiary/aromatic N) is 2. The maximum Gasteiger partial charge on any atom is 0.280 e. The van der Waals surface area contributed by atoms with Crippen LogP contribution >= 0.6 is 31.9 Å². The highest BCUT2D eigenvalue weighted by Crippen LogP contribution is 2.28. The Bertz CT molecular complexity index is 388. The van der Waals surface area contributed by atoms with Crippen LogP contribution in [-0.2, 0) is 6.42 Å². The highest BCUT2D eigenvalue weighted by atomic mass is 79.9. The fraction of sp³-hybridized carbons (Fsp3) is 0.250. The molecule has 1 rings (SSSR count). The van der Waals surface area contributed by atoms with E-state index >= 15 is 0 Å². The standard InChI is InChI=1S/C8H4Br2F2N2/c9-5-3-4(1-2-13)6(8(11)12)14-7(5)10/h3,8H,1H2. The van der Waals surface area contributed by atoms with Gasteiger partial charge in [-0.05, 0) is 43.5 Å². The van der Waals surface area contributed by atoms with Gasteiger partial charge in [0.15, 0.2) is 0 Å². The minimum atomic E-state index is -2.66. The van der Waals surface area contributed by atoms with Crippen LogP contribution in [-0.4, -0.2) is 4.98 Å². The molecule has 0 aliphatic rings. The minimum Gasteiger partial charge on any atom is -0.238 e. The summed E-state index contributed by atoms with van der Waals surface area (Å²) in [6.07, 6.45) is -2.74. The molecular formula is C8H4Br2F2N2. The largest absolute Gasteiger partial charge is 0.280 e. The second-order valence-corrected chi connectivity index (χ2v) is 4.05. The lowest BCUT2D eigenvalue weighted by Gasteiger charge is -2.06. The van der Waals surface area contributed by atoms with Crippen LogP contribution in [0.5, 0.6) is 0 Å². The first kappa shape index (κ1) is 11.5. The van der Waals surface area contributed by atoms with Crippen molar-refractivity contribution in [2.75, 3.05) is 0 Å². The molecule has 2 nitrogen and oxygen atoms in total. The Hall–Kier alpha value is -0.540. The van der Waals surface area contributed by atoms with Crippen LogP contribution in [0.4, 0.5) is 8.78 Å². The van der Waals surface area contributed by atoms with Gasteiger partial charge in [-0.25, -0.2) is 13.8 Å². The van der Waals surface area contributed by atoms with Crippen molar-refractivity contribution in [1.82, 2.24) is 4.98 Å². The smallest absolute Gasteiger partial charge is 0.238 e. The minimum absolute atomic E-state index is 0.0709. The van der Waals surface area contributed by atoms with E-state index in [9.17, 15) is 8.78 Å². The second-order valence-electron chi connectivity index (χ2n) is 2.44. The van der Waals surface area contributed by atoms with Crippen LogP contribution < -0.4 is 0 Å². The van der Waals surface area contributed by atoms with E-state index < -0.39 is 6.43 Å². The summed E-state index contributed by atoms with van der Waals surface area (Å²) >= 11 is 6.16. The molecule has 6 heteroatoms. The van der Waals surface area contributed by atoms with Gasteiger partial charge in [-0.15, -0.1) is 0 Å². The Kier molecular flexibility index (Phi) is 3.96. The molecule has 0 amide bonds. The van der Waals surface area contributed by atoms with E-state index in [4.69, 9.17) is 5.26 Å². The molecule has 74 valence electrons. The monoisotopic (exact) mass is 324 g/mol. The summed E-state index contributed by atoms with van der Waals surface area (Å²) in [6, 6.07) is 3.29. The lowest BCUT2D eigenvalue weighted by molar-refractivity contribution is 0.145. The van der Waals surface area contributed by atoms with Crippen LogP contribution in [0.15, 0.2) is 15.1 Å². The predicted molar refractivity (Wildman–Crippen MR) is 53.9 cm³/mol. The summed E-state index contributed by atoms with van der Waals surface area (Å²) in [4.78, 5) is 3.66. The molecule has 0 fully saturated rings. The van der Waals surface area contributed by atoms with Crippen molar-refractivity contribution < 1.29 is 8.78 Å². The zero-order valence-electron chi connectivity index (χ0n) is 6.77. The lowest BCUT2D eigenvalue weighted by atomic mass is 10.1.